The molecule has 0 saturated heterocycles. The third-order valence-corrected chi connectivity index (χ3v) is 8.96. The Bertz CT molecular complexity index is 1920. The first-order chi connectivity index (χ1) is 21.8. The van der Waals surface area contributed by atoms with E-state index in [-0.39, 0.29) is 11.7 Å². The highest BCUT2D eigenvalue weighted by Crippen LogP contribution is 2.38. The van der Waals surface area contributed by atoms with Crippen LogP contribution >= 0.6 is 11.8 Å². The molecule has 228 valence electrons. The second-order valence-corrected chi connectivity index (χ2v) is 12.0. The number of hydrogen-bond donors (Lipinski definition) is 2. The van der Waals surface area contributed by atoms with E-state index in [4.69, 9.17) is 14.8 Å². The molecule has 1 aliphatic heterocycles. The van der Waals surface area contributed by atoms with Crippen molar-refractivity contribution in [1.29, 1.82) is 0 Å². The number of ether oxygens (including phenoxy) is 1. The number of aromatic nitrogens is 3. The minimum absolute atomic E-state index is 0.244. The quantitative estimate of drug-likeness (QED) is 0.162. The van der Waals surface area contributed by atoms with Crippen LogP contribution in [0.4, 0.5) is 16.0 Å². The first-order valence-corrected chi connectivity index (χ1v) is 15.7. The molecule has 0 fully saturated rings. The van der Waals surface area contributed by atoms with E-state index in [9.17, 15) is 9.18 Å². The average Bonchev–Trinajstić information content (AvgIpc) is 3.44. The third kappa shape index (κ3) is 6.49. The van der Waals surface area contributed by atoms with E-state index in [0.717, 1.165) is 33.5 Å². The maximum Gasteiger partial charge on any atom is 0.255 e. The Labute approximate surface area is 266 Å². The Morgan fingerprint density at radius 3 is 2.47 bits per heavy atom. The lowest BCUT2D eigenvalue weighted by Crippen LogP contribution is -2.31. The van der Waals surface area contributed by atoms with Crippen molar-refractivity contribution in [3.8, 4) is 5.75 Å². The van der Waals surface area contributed by atoms with Crippen molar-refractivity contribution in [2.45, 2.75) is 51.3 Å². The standard InChI is InChI=1S/C36H34FN5O2S/c1-22-12-9-18-31(24(22)3)39-34(43)32-25(4)38-35-40-36(45-21-28-14-7-8-17-30(28)37)41-42(35)33(32)26-15-10-16-29(19-26)44-20-27-13-6-5-11-23(27)2/h5-19,33H,20-21H2,1-4H3,(H,39,43)(H,38,40,41). The zero-order valence-electron chi connectivity index (χ0n) is 25.6. The number of aryl methyl sites for hydroxylation is 2. The van der Waals surface area contributed by atoms with Crippen molar-refractivity contribution in [1.82, 2.24) is 14.8 Å². The summed E-state index contributed by atoms with van der Waals surface area (Å²) < 4.78 is 22.3. The minimum atomic E-state index is -0.594. The van der Waals surface area contributed by atoms with Crippen LogP contribution in [-0.2, 0) is 17.2 Å². The van der Waals surface area contributed by atoms with Gasteiger partial charge in [0.2, 0.25) is 11.1 Å². The van der Waals surface area contributed by atoms with Crippen LogP contribution in [0.3, 0.4) is 0 Å². The van der Waals surface area contributed by atoms with E-state index in [2.05, 4.69) is 29.7 Å². The molecule has 45 heavy (non-hydrogen) atoms. The molecule has 0 bridgehead atoms. The summed E-state index contributed by atoms with van der Waals surface area (Å²) in [5, 5.41) is 11.7. The highest BCUT2D eigenvalue weighted by atomic mass is 32.2. The maximum absolute atomic E-state index is 14.3. The minimum Gasteiger partial charge on any atom is -0.489 e. The zero-order chi connectivity index (χ0) is 31.5. The Balaban J connectivity index is 1.35. The van der Waals surface area contributed by atoms with Gasteiger partial charge in [-0.3, -0.25) is 4.79 Å². The van der Waals surface area contributed by atoms with Crippen LogP contribution in [0, 0.1) is 26.6 Å². The fourth-order valence-electron chi connectivity index (χ4n) is 5.34. The first kappa shape index (κ1) is 30.1. The molecule has 0 saturated carbocycles. The molecule has 9 heteroatoms. The smallest absolute Gasteiger partial charge is 0.255 e. The van der Waals surface area contributed by atoms with Crippen molar-refractivity contribution in [2.75, 3.05) is 10.6 Å². The summed E-state index contributed by atoms with van der Waals surface area (Å²) in [4.78, 5) is 18.8. The van der Waals surface area contributed by atoms with Crippen LogP contribution in [0.15, 0.2) is 107 Å². The van der Waals surface area contributed by atoms with Crippen molar-refractivity contribution in [2.24, 2.45) is 0 Å². The first-order valence-electron chi connectivity index (χ1n) is 14.7. The van der Waals surface area contributed by atoms with Gasteiger partial charge in [-0.1, -0.05) is 78.5 Å². The normalized spacial score (nSPS) is 14.1. The van der Waals surface area contributed by atoms with Gasteiger partial charge in [0.25, 0.3) is 5.91 Å². The molecule has 1 atom stereocenters. The number of anilines is 2. The molecule has 7 nitrogen and oxygen atoms in total. The molecule has 1 aliphatic rings. The summed E-state index contributed by atoms with van der Waals surface area (Å²) in [5.41, 5.74) is 7.67. The Kier molecular flexibility index (Phi) is 8.71. The van der Waals surface area contributed by atoms with Gasteiger partial charge in [0, 0.05) is 17.1 Å². The molecule has 0 spiro atoms. The molecule has 5 aromatic rings. The maximum atomic E-state index is 14.3. The summed E-state index contributed by atoms with van der Waals surface area (Å²) in [5.74, 6) is 1.04. The van der Waals surface area contributed by atoms with Gasteiger partial charge in [-0.25, -0.2) is 9.07 Å². The highest BCUT2D eigenvalue weighted by molar-refractivity contribution is 7.98. The molecule has 6 rings (SSSR count). The summed E-state index contributed by atoms with van der Waals surface area (Å²) in [6.45, 7) is 8.36. The van der Waals surface area contributed by atoms with Crippen LogP contribution in [0.5, 0.6) is 5.75 Å². The number of benzene rings is 4. The van der Waals surface area contributed by atoms with Crippen LogP contribution in [0.1, 0.15) is 46.3 Å². The van der Waals surface area contributed by atoms with Crippen LogP contribution in [-0.4, -0.2) is 20.7 Å². The molecule has 0 radical (unpaired) electrons. The average molecular weight is 620 g/mol. The molecule has 2 N–H and O–H groups in total. The number of rotatable bonds is 9. The van der Waals surface area contributed by atoms with Gasteiger partial charge in [0.1, 0.15) is 24.2 Å². The van der Waals surface area contributed by atoms with Crippen molar-refractivity contribution in [3.05, 3.63) is 141 Å². The molecule has 1 amide bonds. The van der Waals surface area contributed by atoms with Gasteiger partial charge in [-0.2, -0.15) is 4.98 Å². The molecular formula is C36H34FN5O2S. The van der Waals surface area contributed by atoms with Crippen molar-refractivity contribution < 1.29 is 13.9 Å². The number of halogens is 1. The Hall–Kier alpha value is -4.89. The van der Waals surface area contributed by atoms with E-state index in [1.165, 1.54) is 17.8 Å². The van der Waals surface area contributed by atoms with Crippen molar-refractivity contribution in [3.63, 3.8) is 0 Å². The lowest BCUT2D eigenvalue weighted by molar-refractivity contribution is -0.113. The van der Waals surface area contributed by atoms with Gasteiger partial charge in [-0.15, -0.1) is 5.10 Å². The number of thioether (sulfide) groups is 1. The fraction of sp³-hybridized carbons (Fsp3) is 0.194. The van der Waals surface area contributed by atoms with E-state index in [0.29, 0.717) is 46.0 Å². The lowest BCUT2D eigenvalue weighted by Gasteiger charge is -2.29. The summed E-state index contributed by atoms with van der Waals surface area (Å²) >= 11 is 1.34. The monoisotopic (exact) mass is 619 g/mol. The number of allylic oxidation sites excluding steroid dienone is 1. The predicted octanol–water partition coefficient (Wildman–Crippen LogP) is 8.14. The van der Waals surface area contributed by atoms with Gasteiger partial charge in [0.05, 0.1) is 5.57 Å². The largest absolute Gasteiger partial charge is 0.489 e. The number of amides is 1. The van der Waals surface area contributed by atoms with Crippen LogP contribution in [0.25, 0.3) is 0 Å². The topological polar surface area (TPSA) is 81.1 Å². The van der Waals surface area contributed by atoms with E-state index < -0.39 is 6.04 Å². The molecule has 0 aliphatic carbocycles. The predicted molar refractivity (Wildman–Crippen MR) is 177 cm³/mol. The fourth-order valence-corrected chi connectivity index (χ4v) is 6.15. The molecule has 1 aromatic heterocycles. The number of nitrogens with one attached hydrogen (secondary N) is 2. The number of carbonyl (C=O) groups excluding carboxylic acids is 1. The van der Waals surface area contributed by atoms with Gasteiger partial charge in [-0.05, 0) is 85.3 Å². The van der Waals surface area contributed by atoms with E-state index in [1.807, 2.05) is 81.4 Å². The lowest BCUT2D eigenvalue weighted by atomic mass is 9.94. The third-order valence-electron chi connectivity index (χ3n) is 8.07. The number of fused-ring (bicyclic) bond motifs is 1. The highest BCUT2D eigenvalue weighted by Gasteiger charge is 2.35. The second-order valence-electron chi connectivity index (χ2n) is 11.1. The Morgan fingerprint density at radius 1 is 0.933 bits per heavy atom. The van der Waals surface area contributed by atoms with Gasteiger partial charge in [0.15, 0.2) is 0 Å². The van der Waals surface area contributed by atoms with Gasteiger partial charge < -0.3 is 15.4 Å². The van der Waals surface area contributed by atoms with E-state index >= 15 is 0 Å². The van der Waals surface area contributed by atoms with Crippen LogP contribution < -0.4 is 15.4 Å². The second kappa shape index (κ2) is 13.0. The zero-order valence-corrected chi connectivity index (χ0v) is 26.4. The molecule has 2 heterocycles. The van der Waals surface area contributed by atoms with Crippen molar-refractivity contribution >= 4 is 29.3 Å². The molecular weight excluding hydrogens is 585 g/mol. The molecule has 1 unspecified atom stereocenters. The summed E-state index contributed by atoms with van der Waals surface area (Å²) in [6.07, 6.45) is 0. The number of nitrogens with zero attached hydrogens (tertiary/aromatic N) is 3. The van der Waals surface area contributed by atoms with Gasteiger partial charge >= 0.3 is 0 Å². The number of hydrogen-bond acceptors (Lipinski definition) is 6. The summed E-state index contributed by atoms with van der Waals surface area (Å²) in [6, 6.07) is 27.8. The van der Waals surface area contributed by atoms with Crippen LogP contribution in [0.2, 0.25) is 0 Å². The SMILES string of the molecule is CC1=C(C(=O)Nc2cccc(C)c2C)C(c2cccc(OCc3ccccc3C)c2)n2nc(SCc3ccccc3F)nc2N1. The summed E-state index contributed by atoms with van der Waals surface area (Å²) in [7, 11) is 0. The van der Waals surface area contributed by atoms with E-state index in [1.54, 1.807) is 16.8 Å². The number of carbonyl (C=O) groups is 1. The molecule has 4 aromatic carbocycles. The Morgan fingerprint density at radius 2 is 1.67 bits per heavy atom.